The van der Waals surface area contributed by atoms with Crippen molar-refractivity contribution < 1.29 is 29.3 Å². The van der Waals surface area contributed by atoms with E-state index in [1.807, 2.05) is 42.5 Å². The molecule has 0 bridgehead atoms. The molecule has 0 heterocycles. The summed E-state index contributed by atoms with van der Waals surface area (Å²) < 4.78 is 5.62. The summed E-state index contributed by atoms with van der Waals surface area (Å²) in [5.74, 6) is -2.39. The van der Waals surface area contributed by atoms with E-state index in [1.54, 1.807) is 0 Å². The molecule has 0 aliphatic heterocycles. The maximum atomic E-state index is 12.1. The van der Waals surface area contributed by atoms with E-state index in [1.165, 1.54) is 24.8 Å². The first-order valence-corrected chi connectivity index (χ1v) is 9.90. The van der Waals surface area contributed by atoms with Gasteiger partial charge in [-0.2, -0.15) is 0 Å². The van der Waals surface area contributed by atoms with Crippen LogP contribution in [0.4, 0.5) is 0 Å². The zero-order valence-electron chi connectivity index (χ0n) is 16.9. The van der Waals surface area contributed by atoms with E-state index in [9.17, 15) is 4.79 Å². The molecule has 2 aromatic carbocycles. The monoisotopic (exact) mass is 413 g/mol. The maximum Gasteiger partial charge on any atom is 0.414 e. The molecule has 3 N–H and O–H groups in total. The summed E-state index contributed by atoms with van der Waals surface area (Å²) in [7, 11) is 0. The van der Waals surface area contributed by atoms with Crippen molar-refractivity contribution >= 4 is 17.8 Å². The van der Waals surface area contributed by atoms with Crippen molar-refractivity contribution in [2.45, 2.75) is 38.6 Å². The summed E-state index contributed by atoms with van der Waals surface area (Å²) in [6.07, 6.45) is 4.76. The van der Waals surface area contributed by atoms with Crippen LogP contribution in [0.3, 0.4) is 0 Å². The Morgan fingerprint density at radius 1 is 0.900 bits per heavy atom. The molecule has 0 spiro atoms. The highest BCUT2D eigenvalue weighted by Crippen LogP contribution is 2.24. The number of nitrogens with one attached hydrogen (secondary N) is 1. The zero-order valence-corrected chi connectivity index (χ0v) is 16.9. The maximum absolute atomic E-state index is 12.1. The molecular weight excluding hydrogens is 386 g/mol. The Morgan fingerprint density at radius 2 is 1.47 bits per heavy atom. The van der Waals surface area contributed by atoms with E-state index in [0.29, 0.717) is 12.0 Å². The fourth-order valence-corrected chi connectivity index (χ4v) is 3.30. The SMILES string of the molecule is CC1CCCCC1NC(=O)COc1ccc(-c2ccccc2)cc1.O=C(O)C(=O)O. The smallest absolute Gasteiger partial charge is 0.414 e. The molecule has 1 aliphatic carbocycles. The summed E-state index contributed by atoms with van der Waals surface area (Å²) in [6.45, 7) is 2.29. The van der Waals surface area contributed by atoms with Gasteiger partial charge in [0.05, 0.1) is 0 Å². The third kappa shape index (κ3) is 7.58. The predicted molar refractivity (Wildman–Crippen MR) is 112 cm³/mol. The van der Waals surface area contributed by atoms with E-state index < -0.39 is 11.9 Å². The largest absolute Gasteiger partial charge is 0.484 e. The van der Waals surface area contributed by atoms with Crippen LogP contribution in [0.2, 0.25) is 0 Å². The number of hydrogen-bond donors (Lipinski definition) is 3. The first-order chi connectivity index (χ1) is 14.4. The van der Waals surface area contributed by atoms with E-state index in [-0.39, 0.29) is 12.5 Å². The topological polar surface area (TPSA) is 113 Å². The highest BCUT2D eigenvalue weighted by molar-refractivity contribution is 6.27. The van der Waals surface area contributed by atoms with Crippen LogP contribution in [0.15, 0.2) is 54.6 Å². The van der Waals surface area contributed by atoms with Crippen molar-refractivity contribution in [3.63, 3.8) is 0 Å². The number of aliphatic carboxylic acids is 2. The summed E-state index contributed by atoms with van der Waals surface area (Å²) in [5.41, 5.74) is 2.32. The van der Waals surface area contributed by atoms with Crippen LogP contribution in [0, 0.1) is 5.92 Å². The van der Waals surface area contributed by atoms with Crippen LogP contribution in [0.5, 0.6) is 5.75 Å². The third-order valence-corrected chi connectivity index (χ3v) is 4.97. The highest BCUT2D eigenvalue weighted by Gasteiger charge is 2.22. The lowest BCUT2D eigenvalue weighted by molar-refractivity contribution is -0.159. The van der Waals surface area contributed by atoms with Gasteiger partial charge in [0.25, 0.3) is 5.91 Å². The Hall–Kier alpha value is -3.35. The number of carboxylic acid groups (broad SMARTS) is 2. The van der Waals surface area contributed by atoms with Crippen LogP contribution >= 0.6 is 0 Å². The molecule has 0 radical (unpaired) electrons. The van der Waals surface area contributed by atoms with Crippen LogP contribution in [-0.2, 0) is 14.4 Å². The summed E-state index contributed by atoms with van der Waals surface area (Å²) >= 11 is 0. The van der Waals surface area contributed by atoms with E-state index in [4.69, 9.17) is 24.5 Å². The molecule has 1 amide bonds. The van der Waals surface area contributed by atoms with Crippen LogP contribution in [0.1, 0.15) is 32.6 Å². The second kappa shape index (κ2) is 11.6. The van der Waals surface area contributed by atoms with Crippen LogP contribution < -0.4 is 10.1 Å². The van der Waals surface area contributed by atoms with E-state index in [2.05, 4.69) is 24.4 Å². The van der Waals surface area contributed by atoms with Crippen molar-refractivity contribution in [2.75, 3.05) is 6.61 Å². The number of hydrogen-bond acceptors (Lipinski definition) is 4. The molecule has 7 nitrogen and oxygen atoms in total. The first-order valence-electron chi connectivity index (χ1n) is 9.90. The molecule has 7 heteroatoms. The number of benzene rings is 2. The fourth-order valence-electron chi connectivity index (χ4n) is 3.30. The van der Waals surface area contributed by atoms with Crippen molar-refractivity contribution in [3.8, 4) is 16.9 Å². The van der Waals surface area contributed by atoms with Gasteiger partial charge < -0.3 is 20.3 Å². The van der Waals surface area contributed by atoms with Gasteiger partial charge in [0.2, 0.25) is 0 Å². The molecule has 0 aromatic heterocycles. The molecule has 2 aromatic rings. The third-order valence-electron chi connectivity index (χ3n) is 4.97. The molecule has 1 aliphatic rings. The van der Waals surface area contributed by atoms with Crippen LogP contribution in [-0.4, -0.2) is 40.7 Å². The lowest BCUT2D eigenvalue weighted by Gasteiger charge is -2.29. The minimum Gasteiger partial charge on any atom is -0.484 e. The van der Waals surface area contributed by atoms with E-state index >= 15 is 0 Å². The van der Waals surface area contributed by atoms with Gasteiger partial charge in [-0.1, -0.05) is 62.2 Å². The lowest BCUT2D eigenvalue weighted by Crippen LogP contribution is -2.43. The minimum absolute atomic E-state index is 0.0270. The van der Waals surface area contributed by atoms with Crippen LogP contribution in [0.25, 0.3) is 11.1 Å². The zero-order chi connectivity index (χ0) is 21.9. The van der Waals surface area contributed by atoms with Gasteiger partial charge >= 0.3 is 11.9 Å². The first kappa shape index (κ1) is 22.9. The minimum atomic E-state index is -1.82. The second-order valence-electron chi connectivity index (χ2n) is 7.23. The van der Waals surface area contributed by atoms with Gasteiger partial charge in [-0.25, -0.2) is 9.59 Å². The number of amides is 1. The van der Waals surface area contributed by atoms with Gasteiger partial charge in [0.15, 0.2) is 6.61 Å². The summed E-state index contributed by atoms with van der Waals surface area (Å²) in [4.78, 5) is 30.3. The molecule has 1 saturated carbocycles. The molecule has 0 saturated heterocycles. The molecule has 160 valence electrons. The Kier molecular flexibility index (Phi) is 8.87. The average molecular weight is 413 g/mol. The second-order valence-corrected chi connectivity index (χ2v) is 7.23. The molecular formula is C23H27NO6. The Labute approximate surface area is 175 Å². The van der Waals surface area contributed by atoms with Gasteiger partial charge in [-0.3, -0.25) is 4.79 Å². The Morgan fingerprint density at radius 3 is 2.03 bits per heavy atom. The predicted octanol–water partition coefficient (Wildman–Crippen LogP) is 3.58. The Bertz CT molecular complexity index is 823. The van der Waals surface area contributed by atoms with E-state index in [0.717, 1.165) is 17.7 Å². The normalized spacial score (nSPS) is 17.8. The quantitative estimate of drug-likeness (QED) is 0.646. The molecule has 3 rings (SSSR count). The lowest BCUT2D eigenvalue weighted by atomic mass is 9.86. The highest BCUT2D eigenvalue weighted by atomic mass is 16.5. The Balaban J connectivity index is 0.000000469. The van der Waals surface area contributed by atoms with Crippen molar-refractivity contribution in [2.24, 2.45) is 5.92 Å². The number of carbonyl (C=O) groups excluding carboxylic acids is 1. The van der Waals surface area contributed by atoms with Crippen molar-refractivity contribution in [1.29, 1.82) is 0 Å². The molecule has 1 fully saturated rings. The molecule has 2 atom stereocenters. The van der Waals surface area contributed by atoms with Gasteiger partial charge in [-0.05, 0) is 42.0 Å². The number of ether oxygens (including phenoxy) is 1. The molecule has 2 unspecified atom stereocenters. The van der Waals surface area contributed by atoms with Gasteiger partial charge in [-0.15, -0.1) is 0 Å². The number of rotatable bonds is 5. The number of carbonyl (C=O) groups is 3. The summed E-state index contributed by atoms with van der Waals surface area (Å²) in [6, 6.07) is 18.4. The van der Waals surface area contributed by atoms with Crippen molar-refractivity contribution in [1.82, 2.24) is 5.32 Å². The summed E-state index contributed by atoms with van der Waals surface area (Å²) in [5, 5.41) is 17.9. The molecule has 30 heavy (non-hydrogen) atoms. The number of carboxylic acids is 2. The van der Waals surface area contributed by atoms with Gasteiger partial charge in [0.1, 0.15) is 5.75 Å². The van der Waals surface area contributed by atoms with Crippen molar-refractivity contribution in [3.05, 3.63) is 54.6 Å². The average Bonchev–Trinajstić information content (AvgIpc) is 2.75. The fraction of sp³-hybridized carbons (Fsp3) is 0.348. The standard InChI is InChI=1S/C21H25NO2.C2H2O4/c1-16-7-5-6-10-20(16)22-21(23)15-24-19-13-11-18(12-14-19)17-8-3-2-4-9-17;3-1(4)2(5)6/h2-4,8-9,11-14,16,20H,5-7,10,15H2,1H3,(H,22,23);(H,3,4)(H,5,6). The van der Waals surface area contributed by atoms with Gasteiger partial charge in [0, 0.05) is 6.04 Å².